The summed E-state index contributed by atoms with van der Waals surface area (Å²) in [5.74, 6) is 0. The minimum absolute atomic E-state index is 0.00468. The quantitative estimate of drug-likeness (QED) is 0.162. The zero-order chi connectivity index (χ0) is 48.2. The number of hydrogen-bond acceptors (Lipinski definition) is 4. The maximum absolute atomic E-state index is 7.05. The van der Waals surface area contributed by atoms with Gasteiger partial charge in [0.25, 0.3) is 6.71 Å². The van der Waals surface area contributed by atoms with Crippen molar-refractivity contribution in [1.29, 1.82) is 0 Å². The van der Waals surface area contributed by atoms with E-state index in [2.05, 4.69) is 218 Å². The Kier molecular flexibility index (Phi) is 8.21. The molecular formula is C64H62BN3O2. The van der Waals surface area contributed by atoms with Gasteiger partial charge >= 0.3 is 0 Å². The van der Waals surface area contributed by atoms with E-state index in [0.717, 1.165) is 56.1 Å². The lowest BCUT2D eigenvalue weighted by atomic mass is 9.33. The molecule has 0 radical (unpaired) electrons. The zero-order valence-electron chi connectivity index (χ0n) is 42.7. The van der Waals surface area contributed by atoms with Crippen molar-refractivity contribution >= 4 is 106 Å². The van der Waals surface area contributed by atoms with Gasteiger partial charge in [0.05, 0.1) is 16.7 Å². The van der Waals surface area contributed by atoms with Crippen LogP contribution >= 0.6 is 0 Å². The molecule has 1 fully saturated rings. The van der Waals surface area contributed by atoms with E-state index in [1.807, 2.05) is 0 Å². The van der Waals surface area contributed by atoms with Crippen LogP contribution in [0.5, 0.6) is 0 Å². The number of nitrogens with zero attached hydrogens (tertiary/aromatic N) is 3. The van der Waals surface area contributed by atoms with Crippen LogP contribution < -0.4 is 26.2 Å². The molecule has 2 unspecified atom stereocenters. The Morgan fingerprint density at radius 2 is 1.14 bits per heavy atom. The second-order valence-electron chi connectivity index (χ2n) is 24.9. The zero-order valence-corrected chi connectivity index (χ0v) is 42.7. The van der Waals surface area contributed by atoms with Gasteiger partial charge in [0.1, 0.15) is 16.7 Å². The molecule has 5 nitrogen and oxygen atoms in total. The van der Waals surface area contributed by atoms with Crippen LogP contribution in [0.1, 0.15) is 124 Å². The normalized spacial score (nSPS) is 19.7. The number of para-hydroxylation sites is 3. The van der Waals surface area contributed by atoms with Crippen molar-refractivity contribution in [3.8, 4) is 5.69 Å². The fraction of sp³-hybridized carbons (Fsp3) is 0.312. The molecule has 7 aromatic carbocycles. The third-order valence-electron chi connectivity index (χ3n) is 17.8. The Labute approximate surface area is 412 Å². The van der Waals surface area contributed by atoms with Gasteiger partial charge in [-0.15, -0.1) is 0 Å². The summed E-state index contributed by atoms with van der Waals surface area (Å²) in [7, 11) is 0. The van der Waals surface area contributed by atoms with E-state index in [9.17, 15) is 0 Å². The van der Waals surface area contributed by atoms with Crippen molar-refractivity contribution in [2.45, 2.75) is 129 Å². The van der Waals surface area contributed by atoms with Crippen LogP contribution in [0.4, 0.5) is 28.4 Å². The monoisotopic (exact) mass is 915 g/mol. The second-order valence-corrected chi connectivity index (χ2v) is 24.9. The molecule has 4 aliphatic rings. The summed E-state index contributed by atoms with van der Waals surface area (Å²) in [6.45, 7) is 26.3. The van der Waals surface area contributed by atoms with Crippen LogP contribution in [0.25, 0.3) is 60.6 Å². The molecule has 348 valence electrons. The molecule has 3 aromatic heterocycles. The fourth-order valence-electron chi connectivity index (χ4n) is 13.7. The lowest BCUT2D eigenvalue weighted by Gasteiger charge is -2.50. The molecule has 6 heterocycles. The molecule has 70 heavy (non-hydrogen) atoms. The number of benzene rings is 7. The number of hydrogen-bond donors (Lipinski definition) is 0. The van der Waals surface area contributed by atoms with Crippen molar-refractivity contribution in [2.75, 3.05) is 9.80 Å². The Morgan fingerprint density at radius 3 is 1.90 bits per heavy atom. The highest BCUT2D eigenvalue weighted by molar-refractivity contribution is 7.00. The highest BCUT2D eigenvalue weighted by Gasteiger charge is 2.58. The van der Waals surface area contributed by atoms with Crippen LogP contribution in [0.2, 0.25) is 0 Å². The summed E-state index contributed by atoms with van der Waals surface area (Å²) in [4.78, 5) is 5.37. The summed E-state index contributed by atoms with van der Waals surface area (Å²) in [5, 5.41) is 4.58. The summed E-state index contributed by atoms with van der Waals surface area (Å²) in [5.41, 5.74) is 22.5. The van der Waals surface area contributed by atoms with E-state index in [-0.39, 0.29) is 33.9 Å². The lowest BCUT2D eigenvalue weighted by molar-refractivity contribution is 0.195. The van der Waals surface area contributed by atoms with Gasteiger partial charge in [-0.05, 0) is 135 Å². The van der Waals surface area contributed by atoms with Crippen LogP contribution in [0.15, 0.2) is 136 Å². The van der Waals surface area contributed by atoms with Gasteiger partial charge in [-0.3, -0.25) is 0 Å². The van der Waals surface area contributed by atoms with E-state index < -0.39 is 0 Å². The topological polar surface area (TPSA) is 37.7 Å². The van der Waals surface area contributed by atoms with Crippen molar-refractivity contribution in [3.63, 3.8) is 0 Å². The van der Waals surface area contributed by atoms with E-state index in [1.165, 1.54) is 97.2 Å². The average Bonchev–Trinajstić information content (AvgIpc) is 4.04. The van der Waals surface area contributed by atoms with Gasteiger partial charge in [0.2, 0.25) is 0 Å². The third-order valence-corrected chi connectivity index (χ3v) is 17.8. The molecule has 14 rings (SSSR count). The number of furan rings is 2. The third kappa shape index (κ3) is 5.40. The minimum atomic E-state index is -0.161. The van der Waals surface area contributed by atoms with Gasteiger partial charge in [0, 0.05) is 55.4 Å². The van der Waals surface area contributed by atoms with E-state index in [1.54, 1.807) is 0 Å². The van der Waals surface area contributed by atoms with Crippen LogP contribution in [-0.2, 0) is 21.7 Å². The van der Waals surface area contributed by atoms with Crippen LogP contribution in [0, 0.1) is 0 Å². The molecule has 6 heteroatoms. The SMILES string of the molecule is CC(C)(C)c1cc2c3c(c1)-n1c4c(cc(C(C)(C)C)cc4c4oc5ccccc5c41)B3c1ccc(N3c4ccc(C(C)(C)C)cc4C4(C)CCCCC34C)cc1N2c1cccc2c1oc1ccccc12. The van der Waals surface area contributed by atoms with E-state index in [4.69, 9.17) is 8.83 Å². The summed E-state index contributed by atoms with van der Waals surface area (Å²) >= 11 is 0. The van der Waals surface area contributed by atoms with Gasteiger partial charge in [-0.2, -0.15) is 0 Å². The number of aromatic nitrogens is 1. The predicted octanol–water partition coefficient (Wildman–Crippen LogP) is 15.7. The highest BCUT2D eigenvalue weighted by Crippen LogP contribution is 2.62. The number of fused-ring (bicyclic) bond motifs is 15. The summed E-state index contributed by atoms with van der Waals surface area (Å²) in [6, 6.07) is 48.8. The van der Waals surface area contributed by atoms with Crippen molar-refractivity contribution < 1.29 is 8.83 Å². The number of anilines is 5. The van der Waals surface area contributed by atoms with E-state index >= 15 is 0 Å². The van der Waals surface area contributed by atoms with Gasteiger partial charge < -0.3 is 23.2 Å². The van der Waals surface area contributed by atoms with Gasteiger partial charge in [-0.25, -0.2) is 0 Å². The molecule has 0 bridgehead atoms. The Balaban J connectivity index is 1.13. The first kappa shape index (κ1) is 42.2. The fourth-order valence-corrected chi connectivity index (χ4v) is 13.7. The first-order valence-corrected chi connectivity index (χ1v) is 25.8. The molecule has 2 atom stereocenters. The standard InChI is InChI=1S/C64H62BN3O2/c1-60(2,3)37-25-28-48-45(32-37)63(10)29-16-17-30-64(63,11)68(48)40-26-27-46-50(36-40)66(49-22-18-21-42-41-19-12-14-23-53(41)69-58(42)49)51-34-39(62(7,8)9)35-52-55(51)65(46)47-33-38(61(4,5)6)31-44-56(47)67(52)57-43-20-13-15-24-54(43)70-59(44)57/h12-15,18-28,31-36H,16-17,29-30H2,1-11H3. The van der Waals surface area contributed by atoms with Gasteiger partial charge in [0.15, 0.2) is 11.2 Å². The average molecular weight is 916 g/mol. The molecule has 0 spiro atoms. The van der Waals surface area contributed by atoms with Crippen LogP contribution in [-0.4, -0.2) is 16.8 Å². The molecule has 0 amide bonds. The maximum Gasteiger partial charge on any atom is 0.252 e. The van der Waals surface area contributed by atoms with E-state index in [0.29, 0.717) is 0 Å². The molecule has 3 aliphatic heterocycles. The van der Waals surface area contributed by atoms with Gasteiger partial charge in [-0.1, -0.05) is 149 Å². The largest absolute Gasteiger partial charge is 0.454 e. The summed E-state index contributed by atoms with van der Waals surface area (Å²) in [6.07, 6.45) is 4.78. The highest BCUT2D eigenvalue weighted by atomic mass is 16.3. The second kappa shape index (κ2) is 13.6. The van der Waals surface area contributed by atoms with Crippen molar-refractivity contribution in [1.82, 2.24) is 4.57 Å². The Bertz CT molecular complexity index is 3920. The predicted molar refractivity (Wildman–Crippen MR) is 296 cm³/mol. The smallest absolute Gasteiger partial charge is 0.252 e. The lowest BCUT2D eigenvalue weighted by Crippen LogP contribution is -2.61. The maximum atomic E-state index is 7.05. The summed E-state index contributed by atoms with van der Waals surface area (Å²) < 4.78 is 16.6. The molecular weight excluding hydrogens is 854 g/mol. The number of rotatable bonds is 2. The van der Waals surface area contributed by atoms with Crippen molar-refractivity contribution in [2.24, 2.45) is 0 Å². The molecule has 1 aliphatic carbocycles. The molecule has 0 saturated heterocycles. The first-order chi connectivity index (χ1) is 33.3. The molecule has 0 N–H and O–H groups in total. The Morgan fingerprint density at radius 1 is 0.486 bits per heavy atom. The Hall–Kier alpha value is -6.66. The first-order valence-electron chi connectivity index (χ1n) is 25.8. The van der Waals surface area contributed by atoms with Crippen LogP contribution in [0.3, 0.4) is 0 Å². The molecule has 10 aromatic rings. The molecule has 1 saturated carbocycles. The van der Waals surface area contributed by atoms with Crippen molar-refractivity contribution in [3.05, 3.63) is 150 Å². The minimum Gasteiger partial charge on any atom is -0.454 e.